The van der Waals surface area contributed by atoms with Crippen molar-refractivity contribution in [1.82, 2.24) is 4.90 Å². The van der Waals surface area contributed by atoms with Gasteiger partial charge in [-0.05, 0) is 60.6 Å². The lowest BCUT2D eigenvalue weighted by Gasteiger charge is -2.35. The Bertz CT molecular complexity index is 796. The summed E-state index contributed by atoms with van der Waals surface area (Å²) in [7, 11) is 0. The summed E-state index contributed by atoms with van der Waals surface area (Å²) in [5.74, 6) is 0.837. The van der Waals surface area contributed by atoms with Crippen LogP contribution in [0, 0.1) is 23.2 Å². The SMILES string of the molecule is N#Cc1ccc(CN(Cc2ccc(Cl)cc2)C2CC3CCC2C3O)cc1. The Hall–Kier alpha value is -1.86. The minimum Gasteiger partial charge on any atom is -0.392 e. The molecule has 3 nitrogen and oxygen atoms in total. The largest absolute Gasteiger partial charge is 0.392 e. The van der Waals surface area contributed by atoms with E-state index in [1.807, 2.05) is 36.4 Å². The third kappa shape index (κ3) is 3.50. The maximum atomic E-state index is 10.5. The summed E-state index contributed by atoms with van der Waals surface area (Å²) in [4.78, 5) is 2.50. The highest BCUT2D eigenvalue weighted by Crippen LogP contribution is 2.47. The molecule has 2 fully saturated rings. The molecule has 134 valence electrons. The van der Waals surface area contributed by atoms with Crippen LogP contribution in [0.15, 0.2) is 48.5 Å². The van der Waals surface area contributed by atoms with Crippen LogP contribution in [0.1, 0.15) is 36.0 Å². The maximum Gasteiger partial charge on any atom is 0.0991 e. The van der Waals surface area contributed by atoms with Crippen LogP contribution in [-0.4, -0.2) is 22.2 Å². The Morgan fingerprint density at radius 2 is 1.62 bits per heavy atom. The molecule has 2 aromatic rings. The first-order valence-corrected chi connectivity index (χ1v) is 9.67. The van der Waals surface area contributed by atoms with Crippen LogP contribution < -0.4 is 0 Å². The fourth-order valence-corrected chi connectivity index (χ4v) is 4.84. The molecule has 4 rings (SSSR count). The fourth-order valence-electron chi connectivity index (χ4n) is 4.71. The molecule has 0 heterocycles. The predicted octanol–water partition coefficient (Wildman–Crippen LogP) is 4.37. The monoisotopic (exact) mass is 366 g/mol. The third-order valence-corrected chi connectivity index (χ3v) is 6.32. The van der Waals surface area contributed by atoms with Gasteiger partial charge in [-0.3, -0.25) is 4.90 Å². The number of halogens is 1. The summed E-state index contributed by atoms with van der Waals surface area (Å²) >= 11 is 6.03. The van der Waals surface area contributed by atoms with Crippen LogP contribution in [0.2, 0.25) is 5.02 Å². The number of hydrogen-bond donors (Lipinski definition) is 1. The quantitative estimate of drug-likeness (QED) is 0.854. The maximum absolute atomic E-state index is 10.5. The highest BCUT2D eigenvalue weighted by atomic mass is 35.5. The van der Waals surface area contributed by atoms with Crippen molar-refractivity contribution in [2.45, 2.75) is 44.5 Å². The Morgan fingerprint density at radius 1 is 1.00 bits per heavy atom. The molecule has 2 aliphatic rings. The van der Waals surface area contributed by atoms with Crippen molar-refractivity contribution in [2.75, 3.05) is 0 Å². The average Bonchev–Trinajstić information content (AvgIpc) is 3.18. The minimum atomic E-state index is -0.145. The average molecular weight is 367 g/mol. The van der Waals surface area contributed by atoms with Gasteiger partial charge in [0.05, 0.1) is 17.7 Å². The molecule has 0 saturated heterocycles. The molecule has 2 saturated carbocycles. The molecule has 2 aliphatic carbocycles. The van der Waals surface area contributed by atoms with E-state index in [9.17, 15) is 5.11 Å². The van der Waals surface area contributed by atoms with E-state index in [0.29, 0.717) is 23.4 Å². The van der Waals surface area contributed by atoms with Gasteiger partial charge in [-0.25, -0.2) is 0 Å². The number of nitriles is 1. The smallest absolute Gasteiger partial charge is 0.0991 e. The van der Waals surface area contributed by atoms with Crippen molar-refractivity contribution >= 4 is 11.6 Å². The van der Waals surface area contributed by atoms with Gasteiger partial charge in [0.2, 0.25) is 0 Å². The Balaban J connectivity index is 1.56. The number of nitrogens with zero attached hydrogens (tertiary/aromatic N) is 2. The summed E-state index contributed by atoms with van der Waals surface area (Å²) in [6, 6.07) is 18.5. The van der Waals surface area contributed by atoms with Gasteiger partial charge in [0.15, 0.2) is 0 Å². The van der Waals surface area contributed by atoms with Gasteiger partial charge in [0, 0.05) is 30.1 Å². The van der Waals surface area contributed by atoms with Crippen LogP contribution in [0.4, 0.5) is 0 Å². The molecule has 0 spiro atoms. The van der Waals surface area contributed by atoms with Crippen molar-refractivity contribution in [3.8, 4) is 6.07 Å². The number of benzene rings is 2. The minimum absolute atomic E-state index is 0.145. The van der Waals surface area contributed by atoms with Gasteiger partial charge < -0.3 is 5.11 Å². The number of hydrogen-bond acceptors (Lipinski definition) is 3. The van der Waals surface area contributed by atoms with E-state index in [4.69, 9.17) is 16.9 Å². The zero-order chi connectivity index (χ0) is 18.1. The molecule has 26 heavy (non-hydrogen) atoms. The second kappa shape index (κ2) is 7.40. The molecule has 2 bridgehead atoms. The van der Waals surface area contributed by atoms with Crippen LogP contribution >= 0.6 is 11.6 Å². The van der Waals surface area contributed by atoms with Crippen LogP contribution in [-0.2, 0) is 13.1 Å². The lowest BCUT2D eigenvalue weighted by atomic mass is 9.93. The molecule has 0 amide bonds. The number of aliphatic hydroxyl groups excluding tert-OH is 1. The van der Waals surface area contributed by atoms with Crippen LogP contribution in [0.5, 0.6) is 0 Å². The van der Waals surface area contributed by atoms with E-state index in [1.54, 1.807) is 0 Å². The Morgan fingerprint density at radius 3 is 2.12 bits per heavy atom. The number of aliphatic hydroxyl groups is 1. The topological polar surface area (TPSA) is 47.3 Å². The van der Waals surface area contributed by atoms with Gasteiger partial charge in [-0.2, -0.15) is 5.26 Å². The van der Waals surface area contributed by atoms with E-state index >= 15 is 0 Å². The molecule has 0 radical (unpaired) electrons. The molecule has 4 unspecified atom stereocenters. The first kappa shape index (κ1) is 17.5. The second-order valence-corrected chi connectivity index (χ2v) is 8.07. The summed E-state index contributed by atoms with van der Waals surface area (Å²) in [5.41, 5.74) is 3.13. The predicted molar refractivity (Wildman–Crippen MR) is 102 cm³/mol. The fraction of sp³-hybridized carbons (Fsp3) is 0.409. The summed E-state index contributed by atoms with van der Waals surface area (Å²) in [5, 5.41) is 20.3. The first-order chi connectivity index (χ1) is 12.6. The van der Waals surface area contributed by atoms with Gasteiger partial charge in [-0.15, -0.1) is 0 Å². The molecule has 0 aliphatic heterocycles. The Labute approximate surface area is 159 Å². The number of fused-ring (bicyclic) bond motifs is 2. The van der Waals surface area contributed by atoms with Gasteiger partial charge in [0.25, 0.3) is 0 Å². The van der Waals surface area contributed by atoms with Gasteiger partial charge >= 0.3 is 0 Å². The Kier molecular flexibility index (Phi) is 5.00. The highest BCUT2D eigenvalue weighted by Gasteiger charge is 2.49. The van der Waals surface area contributed by atoms with Gasteiger partial charge in [0.1, 0.15) is 0 Å². The summed E-state index contributed by atoms with van der Waals surface area (Å²) < 4.78 is 0. The van der Waals surface area contributed by atoms with E-state index in [0.717, 1.165) is 37.4 Å². The molecular formula is C22H23ClN2O. The summed E-state index contributed by atoms with van der Waals surface area (Å²) in [6.07, 6.45) is 3.22. The molecule has 4 atom stereocenters. The lowest BCUT2D eigenvalue weighted by molar-refractivity contribution is 0.0855. The molecule has 0 aromatic heterocycles. The molecule has 4 heteroatoms. The van der Waals surface area contributed by atoms with Crippen LogP contribution in [0.3, 0.4) is 0 Å². The van der Waals surface area contributed by atoms with E-state index in [2.05, 4.69) is 23.1 Å². The van der Waals surface area contributed by atoms with E-state index in [1.165, 1.54) is 11.1 Å². The zero-order valence-corrected chi connectivity index (χ0v) is 15.4. The first-order valence-electron chi connectivity index (χ1n) is 9.29. The third-order valence-electron chi connectivity index (χ3n) is 6.07. The van der Waals surface area contributed by atoms with Crippen molar-refractivity contribution in [2.24, 2.45) is 11.8 Å². The van der Waals surface area contributed by atoms with E-state index < -0.39 is 0 Å². The van der Waals surface area contributed by atoms with Gasteiger partial charge in [-0.1, -0.05) is 35.9 Å². The zero-order valence-electron chi connectivity index (χ0n) is 14.7. The highest BCUT2D eigenvalue weighted by molar-refractivity contribution is 6.30. The van der Waals surface area contributed by atoms with Crippen molar-refractivity contribution in [1.29, 1.82) is 5.26 Å². The van der Waals surface area contributed by atoms with Crippen LogP contribution in [0.25, 0.3) is 0 Å². The summed E-state index contributed by atoms with van der Waals surface area (Å²) in [6.45, 7) is 1.67. The molecule has 2 aromatic carbocycles. The number of rotatable bonds is 5. The standard InChI is InChI=1S/C22H23ClN2O/c23-19-8-5-17(6-9-19)14-25(13-16-3-1-15(12-24)2-4-16)21-11-18-7-10-20(21)22(18)26/h1-6,8-9,18,20-22,26H,7,10-11,13-14H2. The van der Waals surface area contributed by atoms with Crippen molar-refractivity contribution in [3.05, 3.63) is 70.2 Å². The van der Waals surface area contributed by atoms with Crippen molar-refractivity contribution in [3.63, 3.8) is 0 Å². The van der Waals surface area contributed by atoms with E-state index in [-0.39, 0.29) is 6.10 Å². The molecular weight excluding hydrogens is 344 g/mol. The molecule has 1 N–H and O–H groups in total. The van der Waals surface area contributed by atoms with Crippen molar-refractivity contribution < 1.29 is 5.11 Å². The normalized spacial score (nSPS) is 27.0. The second-order valence-electron chi connectivity index (χ2n) is 7.64. The lowest BCUT2D eigenvalue weighted by Crippen LogP contribution is -2.39.